The molecule has 1 atom stereocenters. The van der Waals surface area contributed by atoms with Gasteiger partial charge in [-0.05, 0) is 44.1 Å². The summed E-state index contributed by atoms with van der Waals surface area (Å²) < 4.78 is 0. The number of carboxylic acids is 1. The Labute approximate surface area is 137 Å². The SMILES string of the molecule is C=C(C)C1CCC(C(=O)N[C@H](Cc2ccccc2)C(=O)O)CC1. The van der Waals surface area contributed by atoms with Gasteiger partial charge < -0.3 is 10.4 Å². The minimum atomic E-state index is -0.988. The number of carbonyl (C=O) groups is 2. The van der Waals surface area contributed by atoms with Gasteiger partial charge in [-0.15, -0.1) is 0 Å². The van der Waals surface area contributed by atoms with Gasteiger partial charge in [0.15, 0.2) is 0 Å². The highest BCUT2D eigenvalue weighted by Gasteiger charge is 2.29. The van der Waals surface area contributed by atoms with Crippen molar-refractivity contribution >= 4 is 11.9 Å². The van der Waals surface area contributed by atoms with Gasteiger partial charge in [0, 0.05) is 12.3 Å². The molecule has 1 amide bonds. The van der Waals surface area contributed by atoms with Crippen LogP contribution >= 0.6 is 0 Å². The van der Waals surface area contributed by atoms with E-state index < -0.39 is 12.0 Å². The van der Waals surface area contributed by atoms with Crippen LogP contribution < -0.4 is 5.32 Å². The van der Waals surface area contributed by atoms with Crippen LogP contribution in [0.15, 0.2) is 42.5 Å². The summed E-state index contributed by atoms with van der Waals surface area (Å²) in [5.41, 5.74) is 2.09. The normalized spacial score (nSPS) is 22.1. The lowest BCUT2D eigenvalue weighted by Gasteiger charge is -2.29. The summed E-state index contributed by atoms with van der Waals surface area (Å²) in [5, 5.41) is 12.1. The Morgan fingerprint density at radius 1 is 1.17 bits per heavy atom. The average Bonchev–Trinajstić information content (AvgIpc) is 2.55. The van der Waals surface area contributed by atoms with Crippen LogP contribution in [0.1, 0.15) is 38.2 Å². The summed E-state index contributed by atoms with van der Waals surface area (Å²) in [5.74, 6) is -0.701. The first-order chi connectivity index (χ1) is 11.0. The second kappa shape index (κ2) is 7.95. The minimum absolute atomic E-state index is 0.0803. The van der Waals surface area contributed by atoms with E-state index >= 15 is 0 Å². The van der Waals surface area contributed by atoms with Crippen LogP contribution in [0.5, 0.6) is 0 Å². The van der Waals surface area contributed by atoms with E-state index in [0.29, 0.717) is 12.3 Å². The predicted octanol–water partition coefficient (Wildman–Crippen LogP) is 3.18. The Bertz CT molecular complexity index is 559. The standard InChI is InChI=1S/C19H25NO3/c1-13(2)15-8-10-16(11-9-15)18(21)20-17(19(22)23)12-14-6-4-3-5-7-14/h3-7,15-17H,1,8-12H2,2H3,(H,20,21)(H,22,23)/t15?,16?,17-/m1/s1. The molecule has 2 rings (SSSR count). The van der Waals surface area contributed by atoms with Crippen molar-refractivity contribution in [1.29, 1.82) is 0 Å². The highest BCUT2D eigenvalue weighted by Crippen LogP contribution is 2.32. The third kappa shape index (κ3) is 4.95. The number of hydrogen-bond acceptors (Lipinski definition) is 2. The maximum absolute atomic E-state index is 12.4. The van der Waals surface area contributed by atoms with E-state index in [9.17, 15) is 14.7 Å². The van der Waals surface area contributed by atoms with Crippen molar-refractivity contribution in [2.45, 2.75) is 45.1 Å². The molecule has 1 aliphatic rings. The van der Waals surface area contributed by atoms with Gasteiger partial charge >= 0.3 is 5.97 Å². The lowest BCUT2D eigenvalue weighted by atomic mass is 9.79. The predicted molar refractivity (Wildman–Crippen MR) is 90.0 cm³/mol. The fraction of sp³-hybridized carbons (Fsp3) is 0.474. The number of rotatable bonds is 6. The summed E-state index contributed by atoms with van der Waals surface area (Å²) in [6.07, 6.45) is 3.85. The second-order valence-electron chi connectivity index (χ2n) is 6.48. The number of amides is 1. The first kappa shape index (κ1) is 17.3. The average molecular weight is 315 g/mol. The van der Waals surface area contributed by atoms with Gasteiger partial charge in [-0.2, -0.15) is 0 Å². The highest BCUT2D eigenvalue weighted by atomic mass is 16.4. The van der Waals surface area contributed by atoms with E-state index in [4.69, 9.17) is 0 Å². The van der Waals surface area contributed by atoms with Crippen LogP contribution in [-0.2, 0) is 16.0 Å². The Balaban J connectivity index is 1.91. The molecule has 2 N–H and O–H groups in total. The fourth-order valence-corrected chi connectivity index (χ4v) is 3.19. The van der Waals surface area contributed by atoms with Crippen molar-refractivity contribution in [1.82, 2.24) is 5.32 Å². The van der Waals surface area contributed by atoms with Crippen molar-refractivity contribution in [3.63, 3.8) is 0 Å². The largest absolute Gasteiger partial charge is 0.480 e. The van der Waals surface area contributed by atoms with Crippen LogP contribution in [0.2, 0.25) is 0 Å². The summed E-state index contributed by atoms with van der Waals surface area (Å²) in [4.78, 5) is 23.8. The molecule has 1 aromatic rings. The van der Waals surface area contributed by atoms with E-state index in [2.05, 4.69) is 11.9 Å². The molecule has 1 fully saturated rings. The van der Waals surface area contributed by atoms with Crippen LogP contribution in [0.25, 0.3) is 0 Å². The van der Waals surface area contributed by atoms with Crippen molar-refractivity contribution < 1.29 is 14.7 Å². The zero-order chi connectivity index (χ0) is 16.8. The molecule has 1 aromatic carbocycles. The van der Waals surface area contributed by atoms with Gasteiger partial charge in [-0.25, -0.2) is 4.79 Å². The third-order valence-electron chi connectivity index (χ3n) is 4.69. The van der Waals surface area contributed by atoms with Crippen LogP contribution in [0.3, 0.4) is 0 Å². The van der Waals surface area contributed by atoms with Crippen LogP contribution in [0.4, 0.5) is 0 Å². The Kier molecular flexibility index (Phi) is 5.97. The minimum Gasteiger partial charge on any atom is -0.480 e. The van der Waals surface area contributed by atoms with Gasteiger partial charge in [0.1, 0.15) is 6.04 Å². The second-order valence-corrected chi connectivity index (χ2v) is 6.48. The number of aliphatic carboxylic acids is 1. The molecule has 124 valence electrons. The zero-order valence-corrected chi connectivity index (χ0v) is 13.6. The van der Waals surface area contributed by atoms with Gasteiger partial charge in [0.2, 0.25) is 5.91 Å². The molecular formula is C19H25NO3. The zero-order valence-electron chi connectivity index (χ0n) is 13.6. The van der Waals surface area contributed by atoms with Gasteiger partial charge in [-0.1, -0.05) is 42.5 Å². The lowest BCUT2D eigenvalue weighted by Crippen LogP contribution is -2.45. The molecule has 0 radical (unpaired) electrons. The molecule has 0 bridgehead atoms. The van der Waals surface area contributed by atoms with E-state index in [1.165, 1.54) is 5.57 Å². The summed E-state index contributed by atoms with van der Waals surface area (Å²) in [6, 6.07) is 8.51. The van der Waals surface area contributed by atoms with Crippen molar-refractivity contribution in [3.05, 3.63) is 48.0 Å². The summed E-state index contributed by atoms with van der Waals surface area (Å²) in [7, 11) is 0. The molecule has 0 spiro atoms. The molecule has 4 nitrogen and oxygen atoms in total. The van der Waals surface area contributed by atoms with Crippen LogP contribution in [0, 0.1) is 11.8 Å². The number of carbonyl (C=O) groups excluding carboxylic acids is 1. The summed E-state index contributed by atoms with van der Waals surface area (Å²) in [6.45, 7) is 6.02. The topological polar surface area (TPSA) is 66.4 Å². The maximum atomic E-state index is 12.4. The first-order valence-electron chi connectivity index (χ1n) is 8.20. The molecule has 1 aliphatic carbocycles. The quantitative estimate of drug-likeness (QED) is 0.792. The van der Waals surface area contributed by atoms with Crippen molar-refractivity contribution in [2.75, 3.05) is 0 Å². The Morgan fingerprint density at radius 2 is 1.74 bits per heavy atom. The van der Waals surface area contributed by atoms with Crippen molar-refractivity contribution in [3.8, 4) is 0 Å². The molecule has 1 saturated carbocycles. The van der Waals surface area contributed by atoms with Crippen LogP contribution in [-0.4, -0.2) is 23.0 Å². The molecule has 0 aromatic heterocycles. The van der Waals surface area contributed by atoms with Gasteiger partial charge in [-0.3, -0.25) is 4.79 Å². The Morgan fingerprint density at radius 3 is 2.26 bits per heavy atom. The monoisotopic (exact) mass is 315 g/mol. The first-order valence-corrected chi connectivity index (χ1v) is 8.20. The summed E-state index contributed by atoms with van der Waals surface area (Å²) >= 11 is 0. The molecule has 0 heterocycles. The molecule has 0 saturated heterocycles. The van der Waals surface area contributed by atoms with E-state index in [1.807, 2.05) is 37.3 Å². The number of hydrogen-bond donors (Lipinski definition) is 2. The number of benzene rings is 1. The molecule has 0 unspecified atom stereocenters. The van der Waals surface area contributed by atoms with Crippen molar-refractivity contribution in [2.24, 2.45) is 11.8 Å². The lowest BCUT2D eigenvalue weighted by molar-refractivity contribution is -0.142. The smallest absolute Gasteiger partial charge is 0.326 e. The number of nitrogens with one attached hydrogen (secondary N) is 1. The Hall–Kier alpha value is -2.10. The third-order valence-corrected chi connectivity index (χ3v) is 4.69. The highest BCUT2D eigenvalue weighted by molar-refractivity contribution is 5.85. The number of allylic oxidation sites excluding steroid dienone is 1. The maximum Gasteiger partial charge on any atom is 0.326 e. The molecule has 23 heavy (non-hydrogen) atoms. The molecule has 4 heteroatoms. The van der Waals surface area contributed by atoms with E-state index in [0.717, 1.165) is 31.2 Å². The molecular weight excluding hydrogens is 290 g/mol. The molecule has 0 aliphatic heterocycles. The van der Waals surface area contributed by atoms with Gasteiger partial charge in [0.25, 0.3) is 0 Å². The van der Waals surface area contributed by atoms with E-state index in [-0.39, 0.29) is 11.8 Å². The van der Waals surface area contributed by atoms with E-state index in [1.54, 1.807) is 0 Å². The number of carboxylic acid groups (broad SMARTS) is 1. The van der Waals surface area contributed by atoms with Gasteiger partial charge in [0.05, 0.1) is 0 Å². The fourth-order valence-electron chi connectivity index (χ4n) is 3.19.